The van der Waals surface area contributed by atoms with E-state index in [2.05, 4.69) is 12.4 Å². The van der Waals surface area contributed by atoms with Crippen molar-refractivity contribution in [3.63, 3.8) is 0 Å². The zero-order valence-electron chi connectivity index (χ0n) is 5.93. The summed E-state index contributed by atoms with van der Waals surface area (Å²) in [5.74, 6) is 0. The molecular formula is C7H12NO2. The predicted molar refractivity (Wildman–Crippen MR) is 37.2 cm³/mol. The molecule has 3 heteroatoms. The van der Waals surface area contributed by atoms with E-state index in [9.17, 15) is 4.79 Å². The molecule has 10 heavy (non-hydrogen) atoms. The fourth-order valence-electron chi connectivity index (χ4n) is 1.20. The highest BCUT2D eigenvalue weighted by Gasteiger charge is 2.17. The summed E-state index contributed by atoms with van der Waals surface area (Å²) in [6, 6.07) is 0. The van der Waals surface area contributed by atoms with Gasteiger partial charge in [-0.2, -0.15) is 0 Å². The lowest BCUT2D eigenvalue weighted by molar-refractivity contribution is 0.104. The second-order valence-corrected chi connectivity index (χ2v) is 2.49. The quantitative estimate of drug-likeness (QED) is 0.601. The first kappa shape index (κ1) is 7.38. The molecule has 0 heterocycles. The summed E-state index contributed by atoms with van der Waals surface area (Å²) in [5.41, 5.74) is 0. The maximum atomic E-state index is 10.6. The lowest BCUT2D eigenvalue weighted by Gasteiger charge is -2.09. The third kappa shape index (κ3) is 1.90. The van der Waals surface area contributed by atoms with Gasteiger partial charge in [-0.3, -0.25) is 0 Å². The van der Waals surface area contributed by atoms with Gasteiger partial charge in [0.25, 0.3) is 0 Å². The van der Waals surface area contributed by atoms with Gasteiger partial charge >= 0.3 is 6.09 Å². The van der Waals surface area contributed by atoms with Gasteiger partial charge in [0.15, 0.2) is 0 Å². The Balaban J connectivity index is 2.17. The van der Waals surface area contributed by atoms with E-state index in [4.69, 9.17) is 4.74 Å². The minimum atomic E-state index is -0.410. The highest BCUT2D eigenvalue weighted by molar-refractivity contribution is 5.67. The molecule has 1 fully saturated rings. The van der Waals surface area contributed by atoms with Crippen LogP contribution in [0.15, 0.2) is 0 Å². The third-order valence-electron chi connectivity index (χ3n) is 1.72. The minimum absolute atomic E-state index is 0.141. The second kappa shape index (κ2) is 3.44. The summed E-state index contributed by atoms with van der Waals surface area (Å²) in [4.78, 5) is 10.6. The van der Waals surface area contributed by atoms with Crippen molar-refractivity contribution in [1.82, 2.24) is 5.32 Å². The Labute approximate surface area is 60.7 Å². The molecule has 1 radical (unpaired) electrons. The summed E-state index contributed by atoms with van der Waals surface area (Å²) in [6.45, 7) is 0. The molecule has 0 atom stereocenters. The van der Waals surface area contributed by atoms with Crippen molar-refractivity contribution >= 4 is 6.09 Å². The lowest BCUT2D eigenvalue weighted by atomic mass is 10.3. The van der Waals surface area contributed by atoms with E-state index in [0.717, 1.165) is 12.8 Å². The van der Waals surface area contributed by atoms with Crippen molar-refractivity contribution in [2.75, 3.05) is 0 Å². The maximum absolute atomic E-state index is 10.6. The molecule has 1 rings (SSSR count). The molecule has 0 unspecified atom stereocenters. The number of ether oxygens (including phenoxy) is 1. The van der Waals surface area contributed by atoms with Gasteiger partial charge in [-0.1, -0.05) is 0 Å². The van der Waals surface area contributed by atoms with Crippen LogP contribution in [0.3, 0.4) is 0 Å². The Morgan fingerprint density at radius 2 is 2.10 bits per heavy atom. The predicted octanol–water partition coefficient (Wildman–Crippen LogP) is 1.45. The molecule has 0 spiro atoms. The van der Waals surface area contributed by atoms with Crippen LogP contribution >= 0.6 is 0 Å². The average molecular weight is 142 g/mol. The summed E-state index contributed by atoms with van der Waals surface area (Å²) in [6.07, 6.45) is 4.10. The molecule has 0 bridgehead atoms. The molecular weight excluding hydrogens is 130 g/mol. The van der Waals surface area contributed by atoms with Gasteiger partial charge in [0.1, 0.15) is 6.10 Å². The summed E-state index contributed by atoms with van der Waals surface area (Å²) >= 11 is 0. The zero-order valence-corrected chi connectivity index (χ0v) is 5.93. The van der Waals surface area contributed by atoms with Crippen molar-refractivity contribution in [3.05, 3.63) is 7.05 Å². The number of alkyl carbamates (subject to hydrolysis) is 1. The van der Waals surface area contributed by atoms with Crippen LogP contribution in [0.25, 0.3) is 0 Å². The smallest absolute Gasteiger partial charge is 0.407 e. The lowest BCUT2D eigenvalue weighted by Crippen LogP contribution is -2.22. The van der Waals surface area contributed by atoms with Crippen LogP contribution in [0.2, 0.25) is 0 Å². The van der Waals surface area contributed by atoms with Crippen LogP contribution in [-0.4, -0.2) is 12.2 Å². The van der Waals surface area contributed by atoms with Crippen molar-refractivity contribution in [3.8, 4) is 0 Å². The largest absolute Gasteiger partial charge is 0.446 e. The summed E-state index contributed by atoms with van der Waals surface area (Å²) < 4.78 is 4.95. The SMILES string of the molecule is [CH2]NC(=O)OC1CCCC1. The molecule has 1 N–H and O–H groups in total. The van der Waals surface area contributed by atoms with Crippen LogP contribution in [-0.2, 0) is 4.74 Å². The van der Waals surface area contributed by atoms with E-state index < -0.39 is 6.09 Å². The number of rotatable bonds is 1. The molecule has 3 nitrogen and oxygen atoms in total. The second-order valence-electron chi connectivity index (χ2n) is 2.49. The van der Waals surface area contributed by atoms with Crippen LogP contribution in [0.4, 0.5) is 4.79 Å². The Morgan fingerprint density at radius 3 is 2.60 bits per heavy atom. The third-order valence-corrected chi connectivity index (χ3v) is 1.72. The number of hydrogen-bond donors (Lipinski definition) is 1. The van der Waals surface area contributed by atoms with Crippen LogP contribution in [0, 0.1) is 7.05 Å². The topological polar surface area (TPSA) is 38.3 Å². The number of nitrogens with one attached hydrogen (secondary N) is 1. The van der Waals surface area contributed by atoms with Gasteiger partial charge < -0.3 is 10.1 Å². The van der Waals surface area contributed by atoms with Gasteiger partial charge in [-0.15, -0.1) is 0 Å². The molecule has 0 aliphatic heterocycles. The molecule has 1 amide bonds. The van der Waals surface area contributed by atoms with Crippen molar-refractivity contribution in [2.24, 2.45) is 0 Å². The number of carbonyl (C=O) groups excluding carboxylic acids is 1. The fraction of sp³-hybridized carbons (Fsp3) is 0.714. The van der Waals surface area contributed by atoms with E-state index in [1.807, 2.05) is 0 Å². The summed E-state index contributed by atoms with van der Waals surface area (Å²) in [5, 5.41) is 2.18. The van der Waals surface area contributed by atoms with E-state index in [-0.39, 0.29) is 6.10 Å². The highest BCUT2D eigenvalue weighted by Crippen LogP contribution is 2.20. The Morgan fingerprint density at radius 1 is 1.50 bits per heavy atom. The van der Waals surface area contributed by atoms with Crippen LogP contribution in [0.1, 0.15) is 25.7 Å². The standard InChI is InChI=1S/C7H12NO2/c1-8-7(9)10-6-4-2-3-5-6/h6H,1-5H2,(H,8,9). The molecule has 0 aromatic carbocycles. The Bertz CT molecular complexity index is 119. The first-order valence-corrected chi connectivity index (χ1v) is 3.56. The molecule has 0 aromatic rings. The molecule has 1 aliphatic carbocycles. The van der Waals surface area contributed by atoms with Gasteiger partial charge in [-0.05, 0) is 25.7 Å². The maximum Gasteiger partial charge on any atom is 0.407 e. The van der Waals surface area contributed by atoms with Gasteiger partial charge in [-0.25, -0.2) is 4.79 Å². The number of amides is 1. The molecule has 57 valence electrons. The van der Waals surface area contributed by atoms with E-state index in [1.54, 1.807) is 0 Å². The average Bonchev–Trinajstić information content (AvgIpc) is 2.40. The normalized spacial score (nSPS) is 18.9. The fourth-order valence-corrected chi connectivity index (χ4v) is 1.20. The molecule has 0 aromatic heterocycles. The number of hydrogen-bond acceptors (Lipinski definition) is 2. The highest BCUT2D eigenvalue weighted by atomic mass is 16.6. The van der Waals surface area contributed by atoms with E-state index in [1.165, 1.54) is 12.8 Å². The van der Waals surface area contributed by atoms with Gasteiger partial charge in [0.2, 0.25) is 0 Å². The number of carbonyl (C=O) groups is 1. The van der Waals surface area contributed by atoms with E-state index in [0.29, 0.717) is 0 Å². The van der Waals surface area contributed by atoms with Crippen molar-refractivity contribution in [1.29, 1.82) is 0 Å². The first-order chi connectivity index (χ1) is 4.83. The van der Waals surface area contributed by atoms with Crippen LogP contribution < -0.4 is 5.32 Å². The monoisotopic (exact) mass is 142 g/mol. The Hall–Kier alpha value is -0.730. The first-order valence-electron chi connectivity index (χ1n) is 3.56. The summed E-state index contributed by atoms with van der Waals surface area (Å²) in [7, 11) is 3.20. The van der Waals surface area contributed by atoms with E-state index >= 15 is 0 Å². The van der Waals surface area contributed by atoms with Gasteiger partial charge in [0.05, 0.1) is 0 Å². The Kier molecular flexibility index (Phi) is 2.54. The van der Waals surface area contributed by atoms with Crippen molar-refractivity contribution < 1.29 is 9.53 Å². The van der Waals surface area contributed by atoms with Gasteiger partial charge in [0, 0.05) is 7.05 Å². The molecule has 1 saturated carbocycles. The molecule has 1 aliphatic rings. The molecule has 0 saturated heterocycles. The zero-order chi connectivity index (χ0) is 7.40. The van der Waals surface area contributed by atoms with Crippen LogP contribution in [0.5, 0.6) is 0 Å². The van der Waals surface area contributed by atoms with Crippen molar-refractivity contribution in [2.45, 2.75) is 31.8 Å². The minimum Gasteiger partial charge on any atom is -0.446 e.